The van der Waals surface area contributed by atoms with E-state index in [1.807, 2.05) is 0 Å². The maximum absolute atomic E-state index is 5.47. The lowest BCUT2D eigenvalue weighted by molar-refractivity contribution is 0.546. The summed E-state index contributed by atoms with van der Waals surface area (Å²) < 4.78 is 5.47. The van der Waals surface area contributed by atoms with E-state index in [0.717, 1.165) is 12.2 Å². The summed E-state index contributed by atoms with van der Waals surface area (Å²) in [4.78, 5) is 0. The molecule has 1 aromatic heterocycles. The molecule has 16 heavy (non-hydrogen) atoms. The molecule has 0 bridgehead atoms. The predicted octanol–water partition coefficient (Wildman–Crippen LogP) is 4.30. The lowest BCUT2D eigenvalue weighted by atomic mass is 9.77. The van der Waals surface area contributed by atoms with Gasteiger partial charge in [0.25, 0.3) is 0 Å². The quantitative estimate of drug-likeness (QED) is 0.676. The summed E-state index contributed by atoms with van der Waals surface area (Å²) in [5.41, 5.74) is 4.30. The zero-order chi connectivity index (χ0) is 11.1. The second-order valence-electron chi connectivity index (χ2n) is 4.89. The van der Waals surface area contributed by atoms with Gasteiger partial charge >= 0.3 is 0 Å². The van der Waals surface area contributed by atoms with Crippen molar-refractivity contribution in [2.45, 2.75) is 26.2 Å². The molecule has 0 fully saturated rings. The van der Waals surface area contributed by atoms with E-state index in [9.17, 15) is 0 Å². The van der Waals surface area contributed by atoms with Crippen LogP contribution >= 0.6 is 0 Å². The Bertz CT molecular complexity index is 497. The Hall–Kier alpha value is -1.50. The topological polar surface area (TPSA) is 13.1 Å². The minimum absolute atomic E-state index is 0.515. The van der Waals surface area contributed by atoms with Crippen molar-refractivity contribution in [2.24, 2.45) is 5.92 Å². The SMILES string of the molecule is CC(C)C1=CC=C2C=Cc3occc3[C@H]2C1. The van der Waals surface area contributed by atoms with Gasteiger partial charge in [0.15, 0.2) is 0 Å². The standard InChI is InChI=1S/C15H16O/c1-10(2)12-4-3-11-5-6-15-13(7-8-16-15)14(11)9-12/h3-8,10,14H,9H2,1-2H3/t14-/m0/s1. The molecule has 82 valence electrons. The third kappa shape index (κ3) is 1.39. The van der Waals surface area contributed by atoms with Gasteiger partial charge in [0, 0.05) is 11.5 Å². The number of allylic oxidation sites excluding steroid dienone is 5. The third-order valence-corrected chi connectivity index (χ3v) is 3.60. The van der Waals surface area contributed by atoms with Crippen molar-refractivity contribution >= 4 is 6.08 Å². The molecule has 0 amide bonds. The Morgan fingerprint density at radius 2 is 2.12 bits per heavy atom. The van der Waals surface area contributed by atoms with Crippen molar-refractivity contribution in [3.05, 3.63) is 53.0 Å². The van der Waals surface area contributed by atoms with Gasteiger partial charge in [0.1, 0.15) is 5.76 Å². The average Bonchev–Trinajstić information content (AvgIpc) is 2.76. The van der Waals surface area contributed by atoms with Gasteiger partial charge in [-0.15, -0.1) is 0 Å². The summed E-state index contributed by atoms with van der Waals surface area (Å²) in [6.07, 6.45) is 11.7. The molecular weight excluding hydrogens is 196 g/mol. The van der Waals surface area contributed by atoms with Crippen LogP contribution in [0.3, 0.4) is 0 Å². The van der Waals surface area contributed by atoms with Gasteiger partial charge in [-0.2, -0.15) is 0 Å². The van der Waals surface area contributed by atoms with Gasteiger partial charge in [-0.3, -0.25) is 0 Å². The maximum Gasteiger partial charge on any atom is 0.130 e. The Labute approximate surface area is 96.2 Å². The molecule has 1 aromatic rings. The Morgan fingerprint density at radius 3 is 2.94 bits per heavy atom. The second kappa shape index (κ2) is 3.51. The minimum atomic E-state index is 0.515. The van der Waals surface area contributed by atoms with Crippen LogP contribution in [0.5, 0.6) is 0 Å². The van der Waals surface area contributed by atoms with Crippen molar-refractivity contribution in [3.8, 4) is 0 Å². The predicted molar refractivity (Wildman–Crippen MR) is 66.1 cm³/mol. The van der Waals surface area contributed by atoms with Gasteiger partial charge < -0.3 is 4.42 Å². The monoisotopic (exact) mass is 212 g/mol. The summed E-state index contributed by atoms with van der Waals surface area (Å²) in [5.74, 6) is 2.19. The largest absolute Gasteiger partial charge is 0.465 e. The second-order valence-corrected chi connectivity index (χ2v) is 4.89. The van der Waals surface area contributed by atoms with Crippen molar-refractivity contribution in [3.63, 3.8) is 0 Å². The summed E-state index contributed by atoms with van der Waals surface area (Å²) >= 11 is 0. The first-order valence-electron chi connectivity index (χ1n) is 5.92. The number of hydrogen-bond acceptors (Lipinski definition) is 1. The van der Waals surface area contributed by atoms with E-state index in [1.54, 1.807) is 6.26 Å². The van der Waals surface area contributed by atoms with E-state index in [4.69, 9.17) is 4.42 Å². The molecule has 1 nitrogen and oxygen atoms in total. The van der Waals surface area contributed by atoms with Crippen LogP contribution in [0.25, 0.3) is 6.08 Å². The fourth-order valence-corrected chi connectivity index (χ4v) is 2.56. The molecule has 1 atom stereocenters. The first-order valence-corrected chi connectivity index (χ1v) is 5.92. The van der Waals surface area contributed by atoms with Crippen LogP contribution in [0.4, 0.5) is 0 Å². The van der Waals surface area contributed by atoms with Crippen molar-refractivity contribution < 1.29 is 4.42 Å². The molecule has 0 aromatic carbocycles. The zero-order valence-electron chi connectivity index (χ0n) is 9.73. The molecule has 0 N–H and O–H groups in total. The van der Waals surface area contributed by atoms with Crippen LogP contribution in [0.15, 0.2) is 46.1 Å². The lowest BCUT2D eigenvalue weighted by Crippen LogP contribution is -2.11. The van der Waals surface area contributed by atoms with E-state index in [2.05, 4.69) is 44.2 Å². The van der Waals surface area contributed by atoms with Crippen LogP contribution in [0, 0.1) is 5.92 Å². The molecular formula is C15H16O. The molecule has 0 aliphatic heterocycles. The highest BCUT2D eigenvalue weighted by molar-refractivity contribution is 5.62. The molecule has 2 aliphatic carbocycles. The van der Waals surface area contributed by atoms with Crippen LogP contribution in [-0.2, 0) is 0 Å². The Kier molecular flexibility index (Phi) is 2.13. The van der Waals surface area contributed by atoms with Gasteiger partial charge in [0.2, 0.25) is 0 Å². The van der Waals surface area contributed by atoms with Gasteiger partial charge in [-0.1, -0.05) is 37.6 Å². The highest BCUT2D eigenvalue weighted by atomic mass is 16.3. The molecule has 2 aliphatic rings. The van der Waals surface area contributed by atoms with E-state index >= 15 is 0 Å². The maximum atomic E-state index is 5.47. The molecule has 0 radical (unpaired) electrons. The van der Waals surface area contributed by atoms with Gasteiger partial charge in [-0.05, 0) is 30.1 Å². The van der Waals surface area contributed by atoms with Gasteiger partial charge in [0.05, 0.1) is 6.26 Å². The first kappa shape index (κ1) is 9.71. The first-order chi connectivity index (χ1) is 7.75. The fourth-order valence-electron chi connectivity index (χ4n) is 2.56. The van der Waals surface area contributed by atoms with Crippen LogP contribution in [0.1, 0.15) is 37.5 Å². The van der Waals surface area contributed by atoms with Crippen LogP contribution in [-0.4, -0.2) is 0 Å². The van der Waals surface area contributed by atoms with E-state index < -0.39 is 0 Å². The Balaban J connectivity index is 2.03. The molecule has 3 rings (SSSR count). The zero-order valence-corrected chi connectivity index (χ0v) is 9.73. The van der Waals surface area contributed by atoms with Crippen molar-refractivity contribution in [1.82, 2.24) is 0 Å². The molecule has 0 saturated heterocycles. The van der Waals surface area contributed by atoms with E-state index in [0.29, 0.717) is 11.8 Å². The van der Waals surface area contributed by atoms with Crippen molar-refractivity contribution in [2.75, 3.05) is 0 Å². The summed E-state index contributed by atoms with van der Waals surface area (Å²) in [5, 5.41) is 0. The number of furan rings is 1. The van der Waals surface area contributed by atoms with Crippen LogP contribution in [0.2, 0.25) is 0 Å². The van der Waals surface area contributed by atoms with Crippen molar-refractivity contribution in [1.29, 1.82) is 0 Å². The fraction of sp³-hybridized carbons (Fsp3) is 0.333. The van der Waals surface area contributed by atoms with E-state index in [-0.39, 0.29) is 0 Å². The summed E-state index contributed by atoms with van der Waals surface area (Å²) in [7, 11) is 0. The summed E-state index contributed by atoms with van der Waals surface area (Å²) in [6.45, 7) is 4.53. The highest BCUT2D eigenvalue weighted by Gasteiger charge is 2.26. The number of fused-ring (bicyclic) bond motifs is 3. The summed E-state index contributed by atoms with van der Waals surface area (Å²) in [6, 6.07) is 2.11. The molecule has 1 heteroatoms. The molecule has 0 spiro atoms. The van der Waals surface area contributed by atoms with Gasteiger partial charge in [-0.25, -0.2) is 0 Å². The van der Waals surface area contributed by atoms with Crippen LogP contribution < -0.4 is 0 Å². The lowest BCUT2D eigenvalue weighted by Gasteiger charge is -2.27. The molecule has 0 unspecified atom stereocenters. The minimum Gasteiger partial charge on any atom is -0.465 e. The number of hydrogen-bond donors (Lipinski definition) is 0. The van der Waals surface area contributed by atoms with E-state index in [1.165, 1.54) is 16.7 Å². The third-order valence-electron chi connectivity index (χ3n) is 3.60. The Morgan fingerprint density at radius 1 is 1.25 bits per heavy atom. The smallest absolute Gasteiger partial charge is 0.130 e. The normalized spacial score (nSPS) is 22.6. The molecule has 1 heterocycles. The molecule has 0 saturated carbocycles. The average molecular weight is 212 g/mol. The highest BCUT2D eigenvalue weighted by Crippen LogP contribution is 2.42. The number of rotatable bonds is 1.